The van der Waals surface area contributed by atoms with Crippen LogP contribution in [0.15, 0.2) is 36.5 Å². The molecule has 0 spiro atoms. The summed E-state index contributed by atoms with van der Waals surface area (Å²) in [5.41, 5.74) is 3.75. The summed E-state index contributed by atoms with van der Waals surface area (Å²) in [6, 6.07) is 10.8. The molecule has 1 aliphatic rings. The number of carbonyl (C=O) groups excluding carboxylic acids is 1. The monoisotopic (exact) mass is 298 g/mol. The number of benzene rings is 1. The van der Waals surface area contributed by atoms with Crippen molar-refractivity contribution in [2.45, 2.75) is 32.5 Å². The fourth-order valence-electron chi connectivity index (χ4n) is 3.00. The molecule has 22 heavy (non-hydrogen) atoms. The number of nitrogens with zero attached hydrogens (tertiary/aromatic N) is 3. The van der Waals surface area contributed by atoms with E-state index in [0.29, 0.717) is 6.42 Å². The molecule has 1 atom stereocenters. The zero-order valence-corrected chi connectivity index (χ0v) is 13.1. The molecule has 0 unspecified atom stereocenters. The van der Waals surface area contributed by atoms with Gasteiger partial charge in [0.1, 0.15) is 0 Å². The first kappa shape index (κ1) is 14.8. The number of rotatable bonds is 4. The second-order valence-corrected chi connectivity index (χ2v) is 5.95. The van der Waals surface area contributed by atoms with Gasteiger partial charge in [-0.3, -0.25) is 14.4 Å². The first-order chi connectivity index (χ1) is 10.7. The molecule has 116 valence electrons. The summed E-state index contributed by atoms with van der Waals surface area (Å²) in [6.07, 6.45) is 2.29. The molecule has 2 heterocycles. The van der Waals surface area contributed by atoms with E-state index in [1.807, 2.05) is 16.9 Å². The Morgan fingerprint density at radius 2 is 2.09 bits per heavy atom. The average Bonchev–Trinajstić information content (AvgIpc) is 2.98. The van der Waals surface area contributed by atoms with Crippen molar-refractivity contribution in [1.29, 1.82) is 0 Å². The summed E-state index contributed by atoms with van der Waals surface area (Å²) in [4.78, 5) is 14.1. The highest BCUT2D eigenvalue weighted by Crippen LogP contribution is 2.24. The van der Waals surface area contributed by atoms with Gasteiger partial charge in [0, 0.05) is 32.9 Å². The first-order valence-electron chi connectivity index (χ1n) is 7.66. The van der Waals surface area contributed by atoms with Crippen molar-refractivity contribution in [3.63, 3.8) is 0 Å². The lowest BCUT2D eigenvalue weighted by Gasteiger charge is -2.33. The summed E-state index contributed by atoms with van der Waals surface area (Å²) < 4.78 is 2.00. The van der Waals surface area contributed by atoms with Crippen LogP contribution < -0.4 is 5.32 Å². The Hall–Kier alpha value is -2.14. The summed E-state index contributed by atoms with van der Waals surface area (Å²) in [5, 5.41) is 7.10. The first-order valence-corrected chi connectivity index (χ1v) is 7.66. The predicted molar refractivity (Wildman–Crippen MR) is 85.2 cm³/mol. The minimum Gasteiger partial charge on any atom is -0.359 e. The summed E-state index contributed by atoms with van der Waals surface area (Å²) in [6.45, 7) is 4.71. The molecule has 1 N–H and O–H groups in total. The van der Waals surface area contributed by atoms with E-state index in [0.717, 1.165) is 19.6 Å². The topological polar surface area (TPSA) is 50.2 Å². The van der Waals surface area contributed by atoms with Crippen molar-refractivity contribution in [3.8, 4) is 0 Å². The van der Waals surface area contributed by atoms with Crippen molar-refractivity contribution in [2.24, 2.45) is 0 Å². The Kier molecular flexibility index (Phi) is 4.24. The number of hydrogen-bond acceptors (Lipinski definition) is 3. The Balaban J connectivity index is 1.74. The van der Waals surface area contributed by atoms with Gasteiger partial charge in [0.25, 0.3) is 0 Å². The largest absolute Gasteiger partial charge is 0.359 e. The SMILES string of the molecule is CNC(=O)C[C@@H]1CN(Cc2ccc(C)cc2)Cc2ccnn21. The number of amides is 1. The van der Waals surface area contributed by atoms with Gasteiger partial charge in [0.2, 0.25) is 5.91 Å². The maximum atomic E-state index is 11.7. The highest BCUT2D eigenvalue weighted by molar-refractivity contribution is 5.76. The molecule has 5 nitrogen and oxygen atoms in total. The molecule has 0 saturated carbocycles. The van der Waals surface area contributed by atoms with Crippen LogP contribution in [0.5, 0.6) is 0 Å². The number of fused-ring (bicyclic) bond motifs is 1. The van der Waals surface area contributed by atoms with E-state index in [2.05, 4.69) is 46.5 Å². The van der Waals surface area contributed by atoms with Crippen LogP contribution in [0.2, 0.25) is 0 Å². The number of nitrogens with one attached hydrogen (secondary N) is 1. The Labute approximate surface area is 130 Å². The molecule has 5 heteroatoms. The van der Waals surface area contributed by atoms with Gasteiger partial charge < -0.3 is 5.32 Å². The summed E-state index contributed by atoms with van der Waals surface area (Å²) >= 11 is 0. The van der Waals surface area contributed by atoms with Gasteiger partial charge in [-0.1, -0.05) is 29.8 Å². The fraction of sp³-hybridized carbons (Fsp3) is 0.412. The number of aromatic nitrogens is 2. The van der Waals surface area contributed by atoms with Gasteiger partial charge in [-0.2, -0.15) is 5.10 Å². The van der Waals surface area contributed by atoms with Crippen LogP contribution in [0.4, 0.5) is 0 Å². The molecular weight excluding hydrogens is 276 g/mol. The van der Waals surface area contributed by atoms with Crippen LogP contribution >= 0.6 is 0 Å². The van der Waals surface area contributed by atoms with Gasteiger partial charge >= 0.3 is 0 Å². The van der Waals surface area contributed by atoms with E-state index in [1.165, 1.54) is 16.8 Å². The zero-order chi connectivity index (χ0) is 15.5. The van der Waals surface area contributed by atoms with Crippen LogP contribution in [0.25, 0.3) is 0 Å². The van der Waals surface area contributed by atoms with Gasteiger partial charge in [0.05, 0.1) is 18.2 Å². The summed E-state index contributed by atoms with van der Waals surface area (Å²) in [7, 11) is 1.68. The van der Waals surface area contributed by atoms with E-state index >= 15 is 0 Å². The number of hydrogen-bond donors (Lipinski definition) is 1. The number of aryl methyl sites for hydroxylation is 1. The highest BCUT2D eigenvalue weighted by Gasteiger charge is 2.27. The van der Waals surface area contributed by atoms with E-state index in [9.17, 15) is 4.79 Å². The van der Waals surface area contributed by atoms with Crippen LogP contribution in [-0.2, 0) is 17.9 Å². The molecule has 1 aromatic heterocycles. The third kappa shape index (κ3) is 3.20. The lowest BCUT2D eigenvalue weighted by Crippen LogP contribution is -2.39. The Morgan fingerprint density at radius 1 is 1.32 bits per heavy atom. The van der Waals surface area contributed by atoms with Gasteiger partial charge in [-0.15, -0.1) is 0 Å². The second-order valence-electron chi connectivity index (χ2n) is 5.95. The van der Waals surface area contributed by atoms with E-state index in [-0.39, 0.29) is 11.9 Å². The number of carbonyl (C=O) groups is 1. The standard InChI is InChI=1S/C17H22N4O/c1-13-3-5-14(6-4-13)10-20-11-15-7-8-19-21(15)16(12-20)9-17(22)18-2/h3-8,16H,9-12H2,1-2H3,(H,18,22)/t16-/m1/s1. The molecule has 1 aromatic carbocycles. The normalized spacial score (nSPS) is 18.0. The van der Waals surface area contributed by atoms with Gasteiger partial charge in [0.15, 0.2) is 0 Å². The van der Waals surface area contributed by atoms with Crippen LogP contribution in [0.3, 0.4) is 0 Å². The van der Waals surface area contributed by atoms with E-state index in [1.54, 1.807) is 7.05 Å². The second kappa shape index (κ2) is 6.32. The highest BCUT2D eigenvalue weighted by atomic mass is 16.1. The zero-order valence-electron chi connectivity index (χ0n) is 13.1. The van der Waals surface area contributed by atoms with E-state index in [4.69, 9.17) is 0 Å². The molecule has 1 aliphatic heterocycles. The van der Waals surface area contributed by atoms with Crippen LogP contribution in [0.1, 0.15) is 29.3 Å². The molecule has 0 aliphatic carbocycles. The maximum Gasteiger partial charge on any atom is 0.221 e. The molecule has 0 fully saturated rings. The quantitative estimate of drug-likeness (QED) is 0.937. The maximum absolute atomic E-state index is 11.7. The minimum absolute atomic E-state index is 0.0589. The molecule has 2 aromatic rings. The molecule has 0 bridgehead atoms. The van der Waals surface area contributed by atoms with Gasteiger partial charge in [-0.05, 0) is 18.6 Å². The third-order valence-corrected chi connectivity index (χ3v) is 4.18. The van der Waals surface area contributed by atoms with Crippen molar-refractivity contribution in [3.05, 3.63) is 53.3 Å². The van der Waals surface area contributed by atoms with Crippen molar-refractivity contribution < 1.29 is 4.79 Å². The molecule has 1 amide bonds. The van der Waals surface area contributed by atoms with Crippen molar-refractivity contribution in [2.75, 3.05) is 13.6 Å². The fourth-order valence-corrected chi connectivity index (χ4v) is 3.00. The van der Waals surface area contributed by atoms with Crippen LogP contribution in [-0.4, -0.2) is 34.2 Å². The van der Waals surface area contributed by atoms with Crippen molar-refractivity contribution in [1.82, 2.24) is 20.0 Å². The van der Waals surface area contributed by atoms with Crippen molar-refractivity contribution >= 4 is 5.91 Å². The van der Waals surface area contributed by atoms with E-state index < -0.39 is 0 Å². The van der Waals surface area contributed by atoms with Crippen LogP contribution in [0, 0.1) is 6.92 Å². The molecule has 0 radical (unpaired) electrons. The lowest BCUT2D eigenvalue weighted by molar-refractivity contribution is -0.121. The lowest BCUT2D eigenvalue weighted by atomic mass is 10.1. The van der Waals surface area contributed by atoms with Gasteiger partial charge in [-0.25, -0.2) is 0 Å². The average molecular weight is 298 g/mol. The predicted octanol–water partition coefficient (Wildman–Crippen LogP) is 1.88. The minimum atomic E-state index is 0.0589. The molecular formula is C17H22N4O. The molecule has 3 rings (SSSR count). The summed E-state index contributed by atoms with van der Waals surface area (Å²) in [5.74, 6) is 0.0589. The Bertz CT molecular complexity index is 647. The third-order valence-electron chi connectivity index (χ3n) is 4.18. The smallest absolute Gasteiger partial charge is 0.221 e. The Morgan fingerprint density at radius 3 is 2.82 bits per heavy atom. The molecule has 0 saturated heterocycles.